The Morgan fingerprint density at radius 2 is 2.29 bits per heavy atom. The van der Waals surface area contributed by atoms with Crippen LogP contribution in [0.1, 0.15) is 31.2 Å². The molecule has 9 heteroatoms. The lowest BCUT2D eigenvalue weighted by Crippen LogP contribution is -2.32. The van der Waals surface area contributed by atoms with Crippen LogP contribution in [0.25, 0.3) is 0 Å². The minimum Gasteiger partial charge on any atom is -0.397 e. The van der Waals surface area contributed by atoms with Gasteiger partial charge in [0.1, 0.15) is 6.61 Å². The topological polar surface area (TPSA) is 108 Å². The first-order valence-corrected chi connectivity index (χ1v) is 8.27. The maximum atomic E-state index is 8.63. The molecule has 2 rings (SSSR count). The van der Waals surface area contributed by atoms with Crippen molar-refractivity contribution in [3.8, 4) is 6.19 Å². The molecule has 0 atom stereocenters. The fourth-order valence-corrected chi connectivity index (χ4v) is 2.44. The first-order chi connectivity index (χ1) is 11.7. The molecule has 0 amide bonds. The smallest absolute Gasteiger partial charge is 0.226 e. The van der Waals surface area contributed by atoms with E-state index in [2.05, 4.69) is 20.5 Å². The number of nitrogens with two attached hydrogens (primary N) is 1. The highest BCUT2D eigenvalue weighted by molar-refractivity contribution is 5.78. The third kappa shape index (κ3) is 5.96. The highest BCUT2D eigenvalue weighted by Crippen LogP contribution is 2.12. The van der Waals surface area contributed by atoms with Crippen molar-refractivity contribution < 1.29 is 4.84 Å². The van der Waals surface area contributed by atoms with Crippen molar-refractivity contribution in [2.75, 3.05) is 33.3 Å². The molecule has 132 valence electrons. The van der Waals surface area contributed by atoms with Crippen LogP contribution in [0.4, 0.5) is 0 Å². The Balaban J connectivity index is 1.60. The van der Waals surface area contributed by atoms with Crippen LogP contribution in [-0.4, -0.2) is 59.0 Å². The summed E-state index contributed by atoms with van der Waals surface area (Å²) in [6.45, 7) is 4.39. The highest BCUT2D eigenvalue weighted by Gasteiger charge is 2.11. The van der Waals surface area contributed by atoms with Gasteiger partial charge in [0.05, 0.1) is 12.4 Å². The summed E-state index contributed by atoms with van der Waals surface area (Å²) in [6, 6.07) is 0. The van der Waals surface area contributed by atoms with Gasteiger partial charge in [0.25, 0.3) is 0 Å². The number of nitriles is 1. The molecular formula is C15H26N8O. The van der Waals surface area contributed by atoms with E-state index >= 15 is 0 Å². The van der Waals surface area contributed by atoms with Gasteiger partial charge in [0.2, 0.25) is 5.96 Å². The zero-order chi connectivity index (χ0) is 17.2. The second-order valence-electron chi connectivity index (χ2n) is 5.81. The molecule has 1 aromatic rings. The van der Waals surface area contributed by atoms with Gasteiger partial charge in [-0.1, -0.05) is 6.42 Å². The third-order valence-electron chi connectivity index (χ3n) is 3.81. The molecule has 0 unspecified atom stereocenters. The van der Waals surface area contributed by atoms with Crippen LogP contribution in [0.15, 0.2) is 17.5 Å². The van der Waals surface area contributed by atoms with E-state index in [4.69, 9.17) is 15.8 Å². The summed E-state index contributed by atoms with van der Waals surface area (Å²) in [6.07, 6.45) is 10.3. The standard InChI is InChI=1S/C15H26N8O/c1-21(13-16)15(17)20-18-6-5-9-24-23-12-14(10-19-23)11-22-7-3-2-4-8-22/h10,12,18H,2-9,11H2,1H3,(H2,17,20). The molecule has 1 aliphatic heterocycles. The zero-order valence-corrected chi connectivity index (χ0v) is 14.2. The fourth-order valence-electron chi connectivity index (χ4n) is 2.44. The average molecular weight is 334 g/mol. The molecule has 1 saturated heterocycles. The van der Waals surface area contributed by atoms with Crippen molar-refractivity contribution in [3.05, 3.63) is 18.0 Å². The zero-order valence-electron chi connectivity index (χ0n) is 14.2. The molecule has 1 aromatic heterocycles. The molecule has 24 heavy (non-hydrogen) atoms. The van der Waals surface area contributed by atoms with Crippen LogP contribution in [0.5, 0.6) is 0 Å². The summed E-state index contributed by atoms with van der Waals surface area (Å²) >= 11 is 0. The first-order valence-electron chi connectivity index (χ1n) is 8.27. The van der Waals surface area contributed by atoms with Crippen molar-refractivity contribution in [1.82, 2.24) is 25.2 Å². The van der Waals surface area contributed by atoms with Gasteiger partial charge in [-0.3, -0.25) is 9.80 Å². The minimum atomic E-state index is 0.132. The summed E-state index contributed by atoms with van der Waals surface area (Å²) in [4.78, 5) is 10.7. The summed E-state index contributed by atoms with van der Waals surface area (Å²) in [5.74, 6) is 0.132. The molecule has 3 N–H and O–H groups in total. The van der Waals surface area contributed by atoms with E-state index in [1.807, 2.05) is 18.6 Å². The van der Waals surface area contributed by atoms with E-state index < -0.39 is 0 Å². The molecule has 0 spiro atoms. The molecule has 0 radical (unpaired) electrons. The summed E-state index contributed by atoms with van der Waals surface area (Å²) in [5, 5.41) is 16.7. The van der Waals surface area contributed by atoms with Gasteiger partial charge in [-0.15, -0.1) is 15.0 Å². The lowest BCUT2D eigenvalue weighted by Gasteiger charge is -2.25. The van der Waals surface area contributed by atoms with Gasteiger partial charge >= 0.3 is 0 Å². The number of piperidine rings is 1. The Labute approximate surface area is 142 Å². The van der Waals surface area contributed by atoms with Crippen LogP contribution in [0.3, 0.4) is 0 Å². The summed E-state index contributed by atoms with van der Waals surface area (Å²) < 4.78 is 0. The predicted octanol–water partition coefficient (Wildman–Crippen LogP) is -0.0801. The van der Waals surface area contributed by atoms with Crippen molar-refractivity contribution >= 4 is 5.96 Å². The molecule has 9 nitrogen and oxygen atoms in total. The van der Waals surface area contributed by atoms with Crippen molar-refractivity contribution in [2.45, 2.75) is 32.2 Å². The Morgan fingerprint density at radius 1 is 1.50 bits per heavy atom. The van der Waals surface area contributed by atoms with E-state index in [0.29, 0.717) is 13.2 Å². The number of aromatic nitrogens is 2. The number of hydrazone groups is 1. The molecule has 0 aliphatic carbocycles. The highest BCUT2D eigenvalue weighted by atomic mass is 16.7. The molecular weight excluding hydrogens is 308 g/mol. The van der Waals surface area contributed by atoms with Gasteiger partial charge in [-0.25, -0.2) is 0 Å². The molecule has 0 bridgehead atoms. The van der Waals surface area contributed by atoms with Gasteiger partial charge in [0.15, 0.2) is 6.19 Å². The average Bonchev–Trinajstić information content (AvgIpc) is 3.05. The van der Waals surface area contributed by atoms with Crippen LogP contribution < -0.4 is 16.0 Å². The van der Waals surface area contributed by atoms with Crippen LogP contribution in [-0.2, 0) is 6.54 Å². The number of guanidine groups is 1. The quantitative estimate of drug-likeness (QED) is 0.171. The number of hydrogen-bond donors (Lipinski definition) is 2. The van der Waals surface area contributed by atoms with E-state index in [9.17, 15) is 0 Å². The normalized spacial score (nSPS) is 15.8. The van der Waals surface area contributed by atoms with Crippen LogP contribution >= 0.6 is 0 Å². The molecule has 1 aliphatic rings. The molecule has 0 aromatic carbocycles. The Bertz CT molecular complexity index is 558. The summed E-state index contributed by atoms with van der Waals surface area (Å²) in [5.41, 5.74) is 9.53. The second kappa shape index (κ2) is 9.62. The van der Waals surface area contributed by atoms with Gasteiger partial charge in [-0.2, -0.15) is 5.26 Å². The molecule has 0 saturated carbocycles. The molecule has 2 heterocycles. The Hall–Kier alpha value is -2.47. The predicted molar refractivity (Wildman–Crippen MR) is 90.4 cm³/mol. The van der Waals surface area contributed by atoms with Crippen LogP contribution in [0.2, 0.25) is 0 Å². The van der Waals surface area contributed by atoms with Crippen molar-refractivity contribution in [3.63, 3.8) is 0 Å². The first kappa shape index (κ1) is 17.9. The van der Waals surface area contributed by atoms with E-state index in [0.717, 1.165) is 13.0 Å². The maximum absolute atomic E-state index is 8.63. The lowest BCUT2D eigenvalue weighted by atomic mass is 10.1. The second-order valence-corrected chi connectivity index (χ2v) is 5.81. The maximum Gasteiger partial charge on any atom is 0.226 e. The molecule has 1 fully saturated rings. The largest absolute Gasteiger partial charge is 0.397 e. The van der Waals surface area contributed by atoms with Gasteiger partial charge < -0.3 is 16.0 Å². The van der Waals surface area contributed by atoms with E-state index in [-0.39, 0.29) is 5.96 Å². The SMILES string of the molecule is CN(C#N)C(N)=NNCCCOn1cc(CN2CCCCC2)cn1. The van der Waals surface area contributed by atoms with E-state index in [1.54, 1.807) is 7.05 Å². The number of hydrogen-bond acceptors (Lipinski definition) is 6. The fraction of sp³-hybridized carbons (Fsp3) is 0.667. The van der Waals surface area contributed by atoms with Crippen molar-refractivity contribution in [1.29, 1.82) is 5.26 Å². The van der Waals surface area contributed by atoms with Gasteiger partial charge in [0, 0.05) is 32.1 Å². The number of rotatable bonds is 8. The third-order valence-corrected chi connectivity index (χ3v) is 3.81. The van der Waals surface area contributed by atoms with Gasteiger partial charge in [-0.05, 0) is 25.9 Å². The Morgan fingerprint density at radius 3 is 3.04 bits per heavy atom. The number of nitrogens with zero attached hydrogens (tertiary/aromatic N) is 6. The minimum absolute atomic E-state index is 0.132. The summed E-state index contributed by atoms with van der Waals surface area (Å²) in [7, 11) is 1.54. The van der Waals surface area contributed by atoms with Crippen molar-refractivity contribution in [2.24, 2.45) is 10.8 Å². The van der Waals surface area contributed by atoms with E-state index in [1.165, 1.54) is 47.7 Å². The Kier molecular flexibility index (Phi) is 7.17. The monoisotopic (exact) mass is 334 g/mol. The van der Waals surface area contributed by atoms with Crippen LogP contribution in [0, 0.1) is 11.5 Å². The number of nitrogens with one attached hydrogen (secondary N) is 1. The number of likely N-dealkylation sites (tertiary alicyclic amines) is 1. The lowest BCUT2D eigenvalue weighted by molar-refractivity contribution is 0.0803.